The van der Waals surface area contributed by atoms with Crippen molar-refractivity contribution in [3.05, 3.63) is 88.5 Å². The Labute approximate surface area is 185 Å². The fraction of sp³-hybridized carbons (Fsp3) is 0.280. The number of aliphatic hydroxyl groups excluding tert-OH is 1. The number of fused-ring (bicyclic) bond motifs is 2. The number of rotatable bonds is 6. The van der Waals surface area contributed by atoms with Crippen LogP contribution in [0.25, 0.3) is 11.8 Å². The summed E-state index contributed by atoms with van der Waals surface area (Å²) in [6.07, 6.45) is 5.54. The van der Waals surface area contributed by atoms with Crippen molar-refractivity contribution in [2.45, 2.75) is 37.4 Å². The summed E-state index contributed by atoms with van der Waals surface area (Å²) in [5.74, 6) is -1.04. The summed E-state index contributed by atoms with van der Waals surface area (Å²) in [6, 6.07) is 13.6. The number of carbonyl (C=O) groups is 1. The highest BCUT2D eigenvalue weighted by Gasteiger charge is 2.43. The first-order valence-corrected chi connectivity index (χ1v) is 10.7. The largest absolute Gasteiger partial charge is 0.378 e. The second-order valence-electron chi connectivity index (χ2n) is 8.39. The third-order valence-electron chi connectivity index (χ3n) is 6.50. The highest BCUT2D eigenvalue weighted by atomic mass is 19.1. The van der Waals surface area contributed by atoms with Gasteiger partial charge < -0.3 is 15.6 Å². The van der Waals surface area contributed by atoms with Gasteiger partial charge in [0.1, 0.15) is 5.82 Å². The lowest BCUT2D eigenvalue weighted by Crippen LogP contribution is -2.35. The lowest BCUT2D eigenvalue weighted by atomic mass is 9.78. The minimum Gasteiger partial charge on any atom is -0.378 e. The minimum absolute atomic E-state index is 0.280. The van der Waals surface area contributed by atoms with Gasteiger partial charge in [-0.15, -0.1) is 0 Å². The standard InChI is InChI=1S/C25H24FN3O3/c26-19-5-7-20(8-6-19)29-22-13-18-10-12-32-25(18,14-17(22)15-28-29)11-9-16-3-1-2-4-21(16)23(30)24(27)31/h1-8,13,15,23,30H,9-12,14H2,(H2,27,31). The van der Waals surface area contributed by atoms with Crippen molar-refractivity contribution in [1.29, 1.82) is 0 Å². The number of hydrogen-bond donors (Lipinski definition) is 2. The van der Waals surface area contributed by atoms with E-state index in [1.165, 1.54) is 17.7 Å². The van der Waals surface area contributed by atoms with Crippen LogP contribution in [0.2, 0.25) is 0 Å². The van der Waals surface area contributed by atoms with Crippen molar-refractivity contribution in [1.82, 2.24) is 9.78 Å². The maximum atomic E-state index is 13.3. The molecule has 32 heavy (non-hydrogen) atoms. The SMILES string of the molecule is NC(=O)C(O)c1ccccc1CCC12Cc3cnn(-c4ccc(F)cc4)c3C=C1CCO2. The second kappa shape index (κ2) is 8.00. The van der Waals surface area contributed by atoms with Gasteiger partial charge in [0.05, 0.1) is 29.8 Å². The number of benzene rings is 2. The van der Waals surface area contributed by atoms with Gasteiger partial charge in [0.25, 0.3) is 5.91 Å². The van der Waals surface area contributed by atoms with Crippen LogP contribution in [0.4, 0.5) is 4.39 Å². The molecule has 2 aromatic carbocycles. The summed E-state index contributed by atoms with van der Waals surface area (Å²) in [6.45, 7) is 0.644. The normalized spacial score (nSPS) is 20.4. The molecule has 1 aromatic heterocycles. The number of amides is 1. The number of nitrogens with zero attached hydrogens (tertiary/aromatic N) is 2. The first kappa shape index (κ1) is 20.6. The Balaban J connectivity index is 1.43. The van der Waals surface area contributed by atoms with Crippen molar-refractivity contribution in [2.75, 3.05) is 6.61 Å². The monoisotopic (exact) mass is 433 g/mol. The zero-order valence-corrected chi connectivity index (χ0v) is 17.5. The maximum absolute atomic E-state index is 13.3. The zero-order valence-electron chi connectivity index (χ0n) is 17.5. The van der Waals surface area contributed by atoms with Gasteiger partial charge in [-0.1, -0.05) is 24.3 Å². The number of nitrogens with two attached hydrogens (primary N) is 1. The summed E-state index contributed by atoms with van der Waals surface area (Å²) < 4.78 is 21.5. The van der Waals surface area contributed by atoms with Gasteiger partial charge in [0, 0.05) is 12.0 Å². The molecule has 5 rings (SSSR count). The molecule has 3 N–H and O–H groups in total. The Kier molecular flexibility index (Phi) is 5.15. The number of carbonyl (C=O) groups excluding carboxylic acids is 1. The highest BCUT2D eigenvalue weighted by molar-refractivity contribution is 5.80. The Morgan fingerprint density at radius 1 is 1.25 bits per heavy atom. The third kappa shape index (κ3) is 3.53. The summed E-state index contributed by atoms with van der Waals surface area (Å²) in [5, 5.41) is 14.7. The van der Waals surface area contributed by atoms with Gasteiger partial charge in [-0.05, 0) is 66.3 Å². The van der Waals surface area contributed by atoms with Crippen molar-refractivity contribution < 1.29 is 19.0 Å². The highest BCUT2D eigenvalue weighted by Crippen LogP contribution is 2.44. The molecule has 1 amide bonds. The van der Waals surface area contributed by atoms with E-state index >= 15 is 0 Å². The van der Waals surface area contributed by atoms with Crippen molar-refractivity contribution in [3.8, 4) is 5.69 Å². The van der Waals surface area contributed by atoms with Crippen LogP contribution in [0.15, 0.2) is 60.3 Å². The molecule has 1 saturated heterocycles. The second-order valence-corrected chi connectivity index (χ2v) is 8.39. The Morgan fingerprint density at radius 2 is 2.03 bits per heavy atom. The smallest absolute Gasteiger partial charge is 0.250 e. The first-order chi connectivity index (χ1) is 15.5. The molecule has 1 fully saturated rings. The maximum Gasteiger partial charge on any atom is 0.250 e. The molecule has 0 spiro atoms. The van der Waals surface area contributed by atoms with Gasteiger partial charge in [-0.25, -0.2) is 9.07 Å². The number of halogens is 1. The molecule has 0 radical (unpaired) electrons. The molecule has 2 atom stereocenters. The molecule has 2 aliphatic rings. The zero-order chi connectivity index (χ0) is 22.3. The summed E-state index contributed by atoms with van der Waals surface area (Å²) in [7, 11) is 0. The lowest BCUT2D eigenvalue weighted by molar-refractivity contribution is -0.126. The molecule has 1 aliphatic carbocycles. The molecular formula is C25H24FN3O3. The van der Waals surface area contributed by atoms with Crippen molar-refractivity contribution in [3.63, 3.8) is 0 Å². The van der Waals surface area contributed by atoms with E-state index in [2.05, 4.69) is 11.2 Å². The van der Waals surface area contributed by atoms with Gasteiger partial charge >= 0.3 is 0 Å². The minimum atomic E-state index is -1.32. The lowest BCUT2D eigenvalue weighted by Gasteiger charge is -2.33. The topological polar surface area (TPSA) is 90.4 Å². The number of aliphatic hydroxyl groups is 1. The van der Waals surface area contributed by atoms with E-state index in [0.717, 1.165) is 28.9 Å². The van der Waals surface area contributed by atoms with E-state index in [1.54, 1.807) is 24.3 Å². The van der Waals surface area contributed by atoms with E-state index in [9.17, 15) is 14.3 Å². The number of ether oxygens (including phenoxy) is 1. The van der Waals surface area contributed by atoms with Crippen LogP contribution in [0.5, 0.6) is 0 Å². The van der Waals surface area contributed by atoms with Gasteiger partial charge in [-0.2, -0.15) is 5.10 Å². The molecule has 7 heteroatoms. The molecule has 164 valence electrons. The van der Waals surface area contributed by atoms with Crippen LogP contribution in [0, 0.1) is 5.82 Å². The Morgan fingerprint density at radius 3 is 2.81 bits per heavy atom. The van der Waals surface area contributed by atoms with E-state index in [1.807, 2.05) is 23.0 Å². The average Bonchev–Trinajstić information content (AvgIpc) is 3.39. The quantitative estimate of drug-likeness (QED) is 0.624. The van der Waals surface area contributed by atoms with Crippen LogP contribution in [-0.2, 0) is 22.4 Å². The van der Waals surface area contributed by atoms with Gasteiger partial charge in [0.15, 0.2) is 6.10 Å². The molecule has 3 aromatic rings. The van der Waals surface area contributed by atoms with Gasteiger partial charge in [-0.3, -0.25) is 4.79 Å². The van der Waals surface area contributed by atoms with Crippen LogP contribution in [-0.4, -0.2) is 33.0 Å². The molecule has 2 heterocycles. The summed E-state index contributed by atoms with van der Waals surface area (Å²) in [4.78, 5) is 11.5. The average molecular weight is 433 g/mol. The number of hydrogen-bond acceptors (Lipinski definition) is 4. The summed E-state index contributed by atoms with van der Waals surface area (Å²) >= 11 is 0. The molecule has 0 bridgehead atoms. The fourth-order valence-electron chi connectivity index (χ4n) is 4.83. The molecular weight excluding hydrogens is 409 g/mol. The molecule has 0 saturated carbocycles. The Hall–Kier alpha value is -3.29. The van der Waals surface area contributed by atoms with E-state index in [0.29, 0.717) is 31.4 Å². The summed E-state index contributed by atoms with van der Waals surface area (Å²) in [5.41, 5.74) is 10.4. The predicted octanol–water partition coefficient (Wildman–Crippen LogP) is 3.26. The van der Waals surface area contributed by atoms with Crippen LogP contribution >= 0.6 is 0 Å². The molecule has 1 aliphatic heterocycles. The molecule has 6 nitrogen and oxygen atoms in total. The van der Waals surface area contributed by atoms with E-state index in [4.69, 9.17) is 10.5 Å². The van der Waals surface area contributed by atoms with Crippen molar-refractivity contribution >= 4 is 12.0 Å². The first-order valence-electron chi connectivity index (χ1n) is 10.7. The number of primary amides is 1. The fourth-order valence-corrected chi connectivity index (χ4v) is 4.83. The van der Waals surface area contributed by atoms with Crippen LogP contribution in [0.3, 0.4) is 0 Å². The van der Waals surface area contributed by atoms with Crippen molar-refractivity contribution in [2.24, 2.45) is 5.73 Å². The van der Waals surface area contributed by atoms with Crippen LogP contribution < -0.4 is 5.73 Å². The number of aromatic nitrogens is 2. The van der Waals surface area contributed by atoms with Crippen LogP contribution in [0.1, 0.15) is 41.3 Å². The Bertz CT molecular complexity index is 1200. The third-order valence-corrected chi connectivity index (χ3v) is 6.50. The van der Waals surface area contributed by atoms with E-state index in [-0.39, 0.29) is 5.82 Å². The molecule has 2 unspecified atom stereocenters. The van der Waals surface area contributed by atoms with Gasteiger partial charge in [0.2, 0.25) is 0 Å². The van der Waals surface area contributed by atoms with E-state index < -0.39 is 17.6 Å². The predicted molar refractivity (Wildman–Crippen MR) is 117 cm³/mol. The number of aryl methyl sites for hydroxylation is 1.